The van der Waals surface area contributed by atoms with Gasteiger partial charge < -0.3 is 14.4 Å². The lowest BCUT2D eigenvalue weighted by atomic mass is 9.63. The Bertz CT molecular complexity index is 879. The third-order valence-electron chi connectivity index (χ3n) is 7.61. The first kappa shape index (κ1) is 22.5. The van der Waals surface area contributed by atoms with Gasteiger partial charge in [-0.3, -0.25) is 0 Å². The van der Waals surface area contributed by atoms with Crippen LogP contribution in [0.2, 0.25) is 0 Å². The predicted octanol–water partition coefficient (Wildman–Crippen LogP) is 5.43. The topological polar surface area (TPSA) is 62.4 Å². The maximum atomic E-state index is 8.92. The Morgan fingerprint density at radius 3 is 2.39 bits per heavy atom. The molecular formula is C26H39N3O2. The highest BCUT2D eigenvalue weighted by molar-refractivity contribution is 5.58. The largest absolute Gasteiger partial charge is 0.420 e. The van der Waals surface area contributed by atoms with Crippen LogP contribution in [0.15, 0.2) is 22.6 Å². The van der Waals surface area contributed by atoms with Gasteiger partial charge in [0.05, 0.1) is 0 Å². The minimum absolute atomic E-state index is 0.174. The number of aliphatic hydroxyl groups is 1. The van der Waals surface area contributed by atoms with Crippen molar-refractivity contribution in [1.29, 1.82) is 0 Å². The number of unbranched alkanes of at least 4 members (excludes halogenated alkanes) is 2. The van der Waals surface area contributed by atoms with Crippen LogP contribution in [0.25, 0.3) is 11.5 Å². The first-order valence-electron chi connectivity index (χ1n) is 12.1. The molecule has 31 heavy (non-hydrogen) atoms. The number of hydrogen-bond acceptors (Lipinski definition) is 5. The molecular weight excluding hydrogens is 386 g/mol. The van der Waals surface area contributed by atoms with E-state index in [1.54, 1.807) is 0 Å². The van der Waals surface area contributed by atoms with Gasteiger partial charge >= 0.3 is 0 Å². The van der Waals surface area contributed by atoms with E-state index < -0.39 is 0 Å². The Morgan fingerprint density at radius 2 is 1.68 bits per heavy atom. The highest BCUT2D eigenvalue weighted by Crippen LogP contribution is 2.46. The fourth-order valence-corrected chi connectivity index (χ4v) is 5.27. The standard InChI is InChI=1S/C26H39N3O2/c1-25(2)12-13-26(3,4)22-18-20(8-9-21(22)25)24-28-27-23(31-24)19-10-15-29(16-11-19)14-6-5-7-17-30/h8-9,18-19,30H,5-7,10-17H2,1-4H3. The summed E-state index contributed by atoms with van der Waals surface area (Å²) < 4.78 is 6.20. The summed E-state index contributed by atoms with van der Waals surface area (Å²) in [7, 11) is 0. The van der Waals surface area contributed by atoms with Crippen molar-refractivity contribution in [2.75, 3.05) is 26.2 Å². The third kappa shape index (κ3) is 4.88. The van der Waals surface area contributed by atoms with Gasteiger partial charge in [-0.15, -0.1) is 10.2 Å². The zero-order chi connectivity index (χ0) is 22.1. The van der Waals surface area contributed by atoms with Gasteiger partial charge in [0.1, 0.15) is 0 Å². The van der Waals surface area contributed by atoms with Crippen molar-refractivity contribution in [2.24, 2.45) is 0 Å². The summed E-state index contributed by atoms with van der Waals surface area (Å²) in [4.78, 5) is 2.53. The second-order valence-electron chi connectivity index (χ2n) is 10.9. The highest BCUT2D eigenvalue weighted by Gasteiger charge is 2.37. The van der Waals surface area contributed by atoms with Crippen molar-refractivity contribution in [3.05, 3.63) is 35.2 Å². The average Bonchev–Trinajstić information content (AvgIpc) is 3.25. The molecule has 1 aliphatic carbocycles. The number of likely N-dealkylation sites (tertiary alicyclic amines) is 1. The number of aliphatic hydroxyl groups excluding tert-OH is 1. The molecule has 170 valence electrons. The quantitative estimate of drug-likeness (QED) is 0.600. The molecule has 0 amide bonds. The van der Waals surface area contributed by atoms with Crippen LogP contribution in [0.5, 0.6) is 0 Å². The Balaban J connectivity index is 1.43. The molecule has 1 aromatic heterocycles. The summed E-state index contributed by atoms with van der Waals surface area (Å²) in [6.07, 6.45) is 7.76. The van der Waals surface area contributed by atoms with Crippen molar-refractivity contribution < 1.29 is 9.52 Å². The van der Waals surface area contributed by atoms with Crippen molar-refractivity contribution in [3.8, 4) is 11.5 Å². The Kier molecular flexibility index (Phi) is 6.55. The van der Waals surface area contributed by atoms with E-state index in [4.69, 9.17) is 9.52 Å². The van der Waals surface area contributed by atoms with E-state index >= 15 is 0 Å². The van der Waals surface area contributed by atoms with Crippen molar-refractivity contribution in [2.45, 2.75) is 89.4 Å². The lowest BCUT2D eigenvalue weighted by Crippen LogP contribution is -2.33. The monoisotopic (exact) mass is 425 g/mol. The predicted molar refractivity (Wildman–Crippen MR) is 124 cm³/mol. The number of hydrogen-bond donors (Lipinski definition) is 1. The molecule has 0 bridgehead atoms. The molecule has 1 N–H and O–H groups in total. The van der Waals surface area contributed by atoms with Crippen molar-refractivity contribution in [3.63, 3.8) is 0 Å². The van der Waals surface area contributed by atoms with E-state index in [2.05, 4.69) is 61.0 Å². The highest BCUT2D eigenvalue weighted by atomic mass is 16.4. The van der Waals surface area contributed by atoms with Crippen molar-refractivity contribution >= 4 is 0 Å². The van der Waals surface area contributed by atoms with Gasteiger partial charge in [0.2, 0.25) is 11.8 Å². The zero-order valence-corrected chi connectivity index (χ0v) is 19.8. The van der Waals surface area contributed by atoms with Crippen LogP contribution in [-0.2, 0) is 10.8 Å². The number of nitrogens with zero attached hydrogens (tertiary/aromatic N) is 3. The fraction of sp³-hybridized carbons (Fsp3) is 0.692. The molecule has 0 radical (unpaired) electrons. The number of fused-ring (bicyclic) bond motifs is 1. The molecule has 1 aromatic carbocycles. The van der Waals surface area contributed by atoms with Crippen LogP contribution >= 0.6 is 0 Å². The molecule has 5 heteroatoms. The normalized spacial score (nSPS) is 21.2. The van der Waals surface area contributed by atoms with Gasteiger partial charge in [-0.05, 0) is 98.7 Å². The summed E-state index contributed by atoms with van der Waals surface area (Å²) in [6, 6.07) is 6.74. The molecule has 1 fully saturated rings. The number of aromatic nitrogens is 2. The molecule has 2 heterocycles. The molecule has 2 aliphatic rings. The molecule has 4 rings (SSSR count). The Labute approximate surface area is 187 Å². The van der Waals surface area contributed by atoms with E-state index in [1.165, 1.54) is 30.4 Å². The summed E-state index contributed by atoms with van der Waals surface area (Å²) >= 11 is 0. The lowest BCUT2D eigenvalue weighted by Gasteiger charge is -2.41. The van der Waals surface area contributed by atoms with E-state index in [0.29, 0.717) is 18.4 Å². The molecule has 5 nitrogen and oxygen atoms in total. The molecule has 1 saturated heterocycles. The summed E-state index contributed by atoms with van der Waals surface area (Å²) in [5.74, 6) is 1.82. The zero-order valence-electron chi connectivity index (χ0n) is 19.8. The number of rotatable bonds is 7. The Morgan fingerprint density at radius 1 is 0.968 bits per heavy atom. The smallest absolute Gasteiger partial charge is 0.247 e. The third-order valence-corrected chi connectivity index (χ3v) is 7.61. The van der Waals surface area contributed by atoms with Crippen LogP contribution in [0.4, 0.5) is 0 Å². The van der Waals surface area contributed by atoms with Gasteiger partial charge in [-0.25, -0.2) is 0 Å². The van der Waals surface area contributed by atoms with Crippen LogP contribution in [0.1, 0.15) is 95.6 Å². The van der Waals surface area contributed by atoms with E-state index in [-0.39, 0.29) is 10.8 Å². The van der Waals surface area contributed by atoms with Gasteiger partial charge in [0.15, 0.2) is 0 Å². The fourth-order valence-electron chi connectivity index (χ4n) is 5.27. The maximum Gasteiger partial charge on any atom is 0.247 e. The van der Waals surface area contributed by atoms with Gasteiger partial charge in [-0.2, -0.15) is 0 Å². The van der Waals surface area contributed by atoms with Gasteiger partial charge in [-0.1, -0.05) is 33.8 Å². The van der Waals surface area contributed by atoms with Crippen LogP contribution < -0.4 is 0 Å². The maximum absolute atomic E-state index is 8.92. The first-order chi connectivity index (χ1) is 14.8. The number of piperidine rings is 1. The SMILES string of the molecule is CC1(C)CCC(C)(C)c2cc(-c3nnc(C4CCN(CCCCCO)CC4)o3)ccc21. The van der Waals surface area contributed by atoms with Gasteiger partial charge in [0.25, 0.3) is 0 Å². The average molecular weight is 426 g/mol. The minimum atomic E-state index is 0.174. The van der Waals surface area contributed by atoms with Crippen LogP contribution in [0, 0.1) is 0 Å². The van der Waals surface area contributed by atoms with Crippen LogP contribution in [-0.4, -0.2) is 46.4 Å². The summed E-state index contributed by atoms with van der Waals surface area (Å²) in [5.41, 5.74) is 4.32. The molecule has 0 saturated carbocycles. The first-order valence-corrected chi connectivity index (χ1v) is 12.1. The molecule has 2 aromatic rings. The number of benzene rings is 1. The van der Waals surface area contributed by atoms with Crippen molar-refractivity contribution in [1.82, 2.24) is 15.1 Å². The van der Waals surface area contributed by atoms with Crippen LogP contribution in [0.3, 0.4) is 0 Å². The lowest BCUT2D eigenvalue weighted by molar-refractivity contribution is 0.194. The molecule has 1 aliphatic heterocycles. The second kappa shape index (κ2) is 9.03. The second-order valence-corrected chi connectivity index (χ2v) is 10.9. The van der Waals surface area contributed by atoms with E-state index in [9.17, 15) is 0 Å². The Hall–Kier alpha value is -1.72. The summed E-state index contributed by atoms with van der Waals surface area (Å²) in [6.45, 7) is 13.0. The van der Waals surface area contributed by atoms with Gasteiger partial charge in [0, 0.05) is 18.1 Å². The molecule has 0 unspecified atom stereocenters. The molecule has 0 atom stereocenters. The minimum Gasteiger partial charge on any atom is -0.420 e. The summed E-state index contributed by atoms with van der Waals surface area (Å²) in [5, 5.41) is 17.8. The van der Waals surface area contributed by atoms with E-state index in [1.807, 2.05) is 0 Å². The van der Waals surface area contributed by atoms with E-state index in [0.717, 1.165) is 56.8 Å². The molecule has 0 spiro atoms.